The van der Waals surface area contributed by atoms with Crippen LogP contribution in [0.15, 0.2) is 0 Å². The topological polar surface area (TPSA) is 35.2 Å². The van der Waals surface area contributed by atoms with Gasteiger partial charge in [-0.15, -0.1) is 0 Å². The molecular formula is C13H23NO. The van der Waals surface area contributed by atoms with Crippen LogP contribution in [0.1, 0.15) is 57.8 Å². The summed E-state index contributed by atoms with van der Waals surface area (Å²) in [6, 6.07) is 0.436. The van der Waals surface area contributed by atoms with Gasteiger partial charge in [0.05, 0.1) is 12.2 Å². The van der Waals surface area contributed by atoms with E-state index in [1.54, 1.807) is 0 Å². The predicted molar refractivity (Wildman–Crippen MR) is 60.6 cm³/mol. The highest BCUT2D eigenvalue weighted by atomic mass is 16.5. The molecule has 0 aliphatic heterocycles. The molecule has 0 aromatic heterocycles. The molecule has 3 aliphatic rings. The number of ether oxygens (including phenoxy) is 1. The summed E-state index contributed by atoms with van der Waals surface area (Å²) in [5.41, 5.74) is 6.61. The molecule has 0 radical (unpaired) electrons. The minimum absolute atomic E-state index is 0.405. The summed E-state index contributed by atoms with van der Waals surface area (Å²) in [7, 11) is 0. The Bertz CT molecular complexity index is 229. The Balaban J connectivity index is 1.62. The smallest absolute Gasteiger partial charge is 0.0664 e. The molecule has 0 bridgehead atoms. The summed E-state index contributed by atoms with van der Waals surface area (Å²) >= 11 is 0. The first kappa shape index (κ1) is 10.1. The molecule has 15 heavy (non-hydrogen) atoms. The van der Waals surface area contributed by atoms with Gasteiger partial charge in [0.2, 0.25) is 0 Å². The van der Waals surface area contributed by atoms with Crippen LogP contribution in [0.5, 0.6) is 0 Å². The number of hydrogen-bond donors (Lipinski definition) is 1. The molecule has 2 unspecified atom stereocenters. The maximum absolute atomic E-state index is 6.28. The molecule has 0 aromatic carbocycles. The van der Waals surface area contributed by atoms with Gasteiger partial charge in [-0.2, -0.15) is 0 Å². The Morgan fingerprint density at radius 2 is 1.67 bits per heavy atom. The molecule has 0 heterocycles. The Hall–Kier alpha value is -0.0800. The molecule has 3 rings (SSSR count). The van der Waals surface area contributed by atoms with E-state index in [-0.39, 0.29) is 0 Å². The lowest BCUT2D eigenvalue weighted by molar-refractivity contribution is -0.150. The van der Waals surface area contributed by atoms with Crippen LogP contribution in [0, 0.1) is 5.41 Å². The molecule has 2 heteroatoms. The van der Waals surface area contributed by atoms with Gasteiger partial charge in [0.15, 0.2) is 0 Å². The van der Waals surface area contributed by atoms with E-state index in [1.807, 2.05) is 0 Å². The average Bonchev–Trinajstić information content (AvgIpc) is 2.89. The molecule has 0 aromatic rings. The molecule has 86 valence electrons. The first-order valence-electron chi connectivity index (χ1n) is 6.72. The zero-order valence-electron chi connectivity index (χ0n) is 9.58. The molecule has 2 atom stereocenters. The van der Waals surface area contributed by atoms with Crippen molar-refractivity contribution in [3.05, 3.63) is 0 Å². The monoisotopic (exact) mass is 209 g/mol. The van der Waals surface area contributed by atoms with Crippen molar-refractivity contribution in [1.82, 2.24) is 0 Å². The first-order valence-corrected chi connectivity index (χ1v) is 6.72. The third-order valence-corrected chi connectivity index (χ3v) is 5.04. The summed E-state index contributed by atoms with van der Waals surface area (Å²) in [6.07, 6.45) is 12.9. The summed E-state index contributed by atoms with van der Waals surface area (Å²) in [5.74, 6) is 0. The molecule has 3 saturated carbocycles. The van der Waals surface area contributed by atoms with Crippen LogP contribution in [0.4, 0.5) is 0 Å². The largest absolute Gasteiger partial charge is 0.374 e. The summed E-state index contributed by atoms with van der Waals surface area (Å²) in [6.45, 7) is 0. The lowest BCUT2D eigenvalue weighted by Gasteiger charge is -2.53. The van der Waals surface area contributed by atoms with E-state index in [0.717, 1.165) is 6.42 Å². The fourth-order valence-electron chi connectivity index (χ4n) is 3.95. The van der Waals surface area contributed by atoms with Gasteiger partial charge in [0, 0.05) is 11.5 Å². The number of hydrogen-bond acceptors (Lipinski definition) is 2. The number of rotatable bonds is 2. The fourth-order valence-corrected chi connectivity index (χ4v) is 3.95. The summed E-state index contributed by atoms with van der Waals surface area (Å²) < 4.78 is 6.28. The highest BCUT2D eigenvalue weighted by molar-refractivity contribution is 5.08. The van der Waals surface area contributed by atoms with E-state index in [2.05, 4.69) is 0 Å². The third-order valence-electron chi connectivity index (χ3n) is 5.04. The minimum atomic E-state index is 0.405. The van der Waals surface area contributed by atoms with Gasteiger partial charge in [-0.25, -0.2) is 0 Å². The van der Waals surface area contributed by atoms with Crippen molar-refractivity contribution in [1.29, 1.82) is 0 Å². The highest BCUT2D eigenvalue weighted by Crippen LogP contribution is 2.54. The van der Waals surface area contributed by atoms with Crippen molar-refractivity contribution in [2.75, 3.05) is 0 Å². The molecule has 0 saturated heterocycles. The lowest BCUT2D eigenvalue weighted by Crippen LogP contribution is -2.61. The predicted octanol–water partition coefficient (Wildman–Crippen LogP) is 2.61. The van der Waals surface area contributed by atoms with Crippen LogP contribution in [-0.4, -0.2) is 18.2 Å². The van der Waals surface area contributed by atoms with E-state index in [1.165, 1.54) is 51.4 Å². The zero-order valence-corrected chi connectivity index (χ0v) is 9.58. The zero-order chi connectivity index (χ0) is 10.3. The van der Waals surface area contributed by atoms with E-state index < -0.39 is 0 Å². The van der Waals surface area contributed by atoms with Crippen LogP contribution in [-0.2, 0) is 4.74 Å². The summed E-state index contributed by atoms with van der Waals surface area (Å²) in [5, 5.41) is 0. The third kappa shape index (κ3) is 1.53. The second kappa shape index (κ2) is 3.74. The standard InChI is InChI=1S/C13H23NO/c14-11-9-12(13(11)7-3-4-8-13)15-10-5-1-2-6-10/h10-12H,1-9,14H2. The normalized spacial score (nSPS) is 39.8. The molecule has 1 spiro atoms. The quantitative estimate of drug-likeness (QED) is 0.758. The van der Waals surface area contributed by atoms with Gasteiger partial charge in [-0.3, -0.25) is 0 Å². The van der Waals surface area contributed by atoms with Crippen molar-refractivity contribution in [2.24, 2.45) is 11.1 Å². The Labute approximate surface area is 92.6 Å². The van der Waals surface area contributed by atoms with Crippen molar-refractivity contribution >= 4 is 0 Å². The van der Waals surface area contributed by atoms with E-state index in [4.69, 9.17) is 10.5 Å². The van der Waals surface area contributed by atoms with Gasteiger partial charge in [0.1, 0.15) is 0 Å². The maximum Gasteiger partial charge on any atom is 0.0664 e. The van der Waals surface area contributed by atoms with E-state index >= 15 is 0 Å². The fraction of sp³-hybridized carbons (Fsp3) is 1.00. The second-order valence-electron chi connectivity index (χ2n) is 5.81. The van der Waals surface area contributed by atoms with E-state index in [9.17, 15) is 0 Å². The van der Waals surface area contributed by atoms with Gasteiger partial charge in [-0.05, 0) is 32.1 Å². The van der Waals surface area contributed by atoms with Crippen LogP contribution < -0.4 is 5.73 Å². The SMILES string of the molecule is NC1CC(OC2CCCC2)C12CCCC2. The average molecular weight is 209 g/mol. The molecular weight excluding hydrogens is 186 g/mol. The second-order valence-corrected chi connectivity index (χ2v) is 5.81. The van der Waals surface area contributed by atoms with Gasteiger partial charge >= 0.3 is 0 Å². The van der Waals surface area contributed by atoms with Crippen molar-refractivity contribution in [2.45, 2.75) is 76.0 Å². The van der Waals surface area contributed by atoms with Crippen molar-refractivity contribution < 1.29 is 4.74 Å². The highest BCUT2D eigenvalue weighted by Gasteiger charge is 2.55. The van der Waals surface area contributed by atoms with Crippen LogP contribution in [0.3, 0.4) is 0 Å². The van der Waals surface area contributed by atoms with Gasteiger partial charge in [0.25, 0.3) is 0 Å². The minimum Gasteiger partial charge on any atom is -0.374 e. The first-order chi connectivity index (χ1) is 7.31. The van der Waals surface area contributed by atoms with Crippen molar-refractivity contribution in [3.63, 3.8) is 0 Å². The number of nitrogens with two attached hydrogens (primary N) is 1. The van der Waals surface area contributed by atoms with Gasteiger partial charge in [-0.1, -0.05) is 25.7 Å². The molecule has 3 aliphatic carbocycles. The lowest BCUT2D eigenvalue weighted by atomic mass is 9.61. The van der Waals surface area contributed by atoms with Crippen LogP contribution in [0.2, 0.25) is 0 Å². The van der Waals surface area contributed by atoms with Crippen molar-refractivity contribution in [3.8, 4) is 0 Å². The van der Waals surface area contributed by atoms with Crippen LogP contribution in [0.25, 0.3) is 0 Å². The molecule has 0 amide bonds. The Morgan fingerprint density at radius 3 is 2.27 bits per heavy atom. The summed E-state index contributed by atoms with van der Waals surface area (Å²) in [4.78, 5) is 0. The molecule has 2 N–H and O–H groups in total. The Kier molecular flexibility index (Phi) is 2.52. The molecule has 2 nitrogen and oxygen atoms in total. The Morgan fingerprint density at radius 1 is 1.00 bits per heavy atom. The molecule has 3 fully saturated rings. The van der Waals surface area contributed by atoms with E-state index in [0.29, 0.717) is 23.7 Å². The van der Waals surface area contributed by atoms with Gasteiger partial charge < -0.3 is 10.5 Å². The van der Waals surface area contributed by atoms with Crippen LogP contribution >= 0.6 is 0 Å². The maximum atomic E-state index is 6.28.